The second-order valence-electron chi connectivity index (χ2n) is 4.19. The van der Waals surface area contributed by atoms with E-state index >= 15 is 0 Å². The van der Waals surface area contributed by atoms with Crippen LogP contribution in [0.25, 0.3) is 0 Å². The number of hydrogen-bond acceptors (Lipinski definition) is 4. The first kappa shape index (κ1) is 10.6. The highest BCUT2D eigenvalue weighted by molar-refractivity contribution is 5.26. The van der Waals surface area contributed by atoms with Gasteiger partial charge in [0.15, 0.2) is 0 Å². The van der Waals surface area contributed by atoms with Crippen molar-refractivity contribution >= 4 is 0 Å². The molecule has 3 N–H and O–H groups in total. The summed E-state index contributed by atoms with van der Waals surface area (Å²) >= 11 is 0. The molecule has 1 aliphatic rings. The van der Waals surface area contributed by atoms with Crippen molar-refractivity contribution in [2.24, 2.45) is 5.73 Å². The molecule has 1 unspecified atom stereocenters. The molecule has 1 saturated heterocycles. The van der Waals surface area contributed by atoms with Gasteiger partial charge in [0.2, 0.25) is 0 Å². The second-order valence-corrected chi connectivity index (χ2v) is 4.19. The second kappa shape index (κ2) is 4.77. The van der Waals surface area contributed by atoms with Crippen LogP contribution in [0.3, 0.4) is 0 Å². The molecular formula is C11H19N3O. The van der Waals surface area contributed by atoms with Gasteiger partial charge in [-0.05, 0) is 39.3 Å². The Kier molecular flexibility index (Phi) is 3.38. The molecule has 0 saturated carbocycles. The number of aryl methyl sites for hydroxylation is 1. The lowest BCUT2D eigenvalue weighted by Crippen LogP contribution is -2.28. The molecule has 1 atom stereocenters. The van der Waals surface area contributed by atoms with Crippen LogP contribution in [0.1, 0.15) is 35.8 Å². The summed E-state index contributed by atoms with van der Waals surface area (Å²) in [7, 11) is 0. The molecule has 1 aromatic heterocycles. The number of rotatable bonds is 3. The van der Waals surface area contributed by atoms with E-state index in [4.69, 9.17) is 10.3 Å². The molecule has 15 heavy (non-hydrogen) atoms. The normalized spacial score (nSPS) is 21.9. The van der Waals surface area contributed by atoms with E-state index in [0.717, 1.165) is 31.0 Å². The standard InChI is InChI=1S/C11H19N3O/c1-8-10(4-5-12)11(15-14-8)9-3-2-6-13-7-9/h9,13H,2-7,12H2,1H3. The zero-order valence-corrected chi connectivity index (χ0v) is 9.25. The largest absolute Gasteiger partial charge is 0.361 e. The summed E-state index contributed by atoms with van der Waals surface area (Å²) in [5.74, 6) is 1.55. The van der Waals surface area contributed by atoms with Crippen LogP contribution in [-0.2, 0) is 6.42 Å². The highest BCUT2D eigenvalue weighted by atomic mass is 16.5. The summed E-state index contributed by atoms with van der Waals surface area (Å²) in [5.41, 5.74) is 7.83. The molecule has 0 bridgehead atoms. The fraction of sp³-hybridized carbons (Fsp3) is 0.727. The number of piperidine rings is 1. The number of nitrogens with zero attached hydrogens (tertiary/aromatic N) is 1. The molecule has 0 aromatic carbocycles. The van der Waals surface area contributed by atoms with Crippen LogP contribution >= 0.6 is 0 Å². The van der Waals surface area contributed by atoms with Crippen LogP contribution < -0.4 is 11.1 Å². The minimum atomic E-state index is 0.487. The highest BCUT2D eigenvalue weighted by Crippen LogP contribution is 2.28. The third-order valence-electron chi connectivity index (χ3n) is 3.08. The Balaban J connectivity index is 2.18. The minimum Gasteiger partial charge on any atom is -0.361 e. The van der Waals surface area contributed by atoms with Gasteiger partial charge in [-0.25, -0.2) is 0 Å². The van der Waals surface area contributed by atoms with Crippen molar-refractivity contribution in [3.8, 4) is 0 Å². The van der Waals surface area contributed by atoms with Crippen LogP contribution in [-0.4, -0.2) is 24.8 Å². The molecule has 4 nitrogen and oxygen atoms in total. The number of aromatic nitrogens is 1. The Morgan fingerprint density at radius 1 is 1.60 bits per heavy atom. The molecule has 84 valence electrons. The van der Waals surface area contributed by atoms with Crippen LogP contribution in [0.15, 0.2) is 4.52 Å². The van der Waals surface area contributed by atoms with Gasteiger partial charge in [-0.3, -0.25) is 0 Å². The lowest BCUT2D eigenvalue weighted by atomic mass is 9.93. The fourth-order valence-corrected chi connectivity index (χ4v) is 2.25. The van der Waals surface area contributed by atoms with Gasteiger partial charge in [0, 0.05) is 18.0 Å². The van der Waals surface area contributed by atoms with Crippen molar-refractivity contribution in [2.45, 2.75) is 32.1 Å². The molecule has 2 rings (SSSR count). The fourth-order valence-electron chi connectivity index (χ4n) is 2.25. The molecule has 0 aliphatic carbocycles. The van der Waals surface area contributed by atoms with Crippen LogP contribution in [0, 0.1) is 6.92 Å². The van der Waals surface area contributed by atoms with Crippen molar-refractivity contribution < 1.29 is 4.52 Å². The van der Waals surface area contributed by atoms with E-state index in [1.165, 1.54) is 18.4 Å². The molecule has 0 amide bonds. The summed E-state index contributed by atoms with van der Waals surface area (Å²) in [6, 6.07) is 0. The Morgan fingerprint density at radius 3 is 3.13 bits per heavy atom. The third-order valence-corrected chi connectivity index (χ3v) is 3.08. The van der Waals surface area contributed by atoms with E-state index in [-0.39, 0.29) is 0 Å². The Hall–Kier alpha value is -0.870. The molecule has 0 radical (unpaired) electrons. The lowest BCUT2D eigenvalue weighted by Gasteiger charge is -2.21. The van der Waals surface area contributed by atoms with E-state index in [0.29, 0.717) is 12.5 Å². The van der Waals surface area contributed by atoms with E-state index in [1.54, 1.807) is 0 Å². The van der Waals surface area contributed by atoms with Crippen molar-refractivity contribution in [1.29, 1.82) is 0 Å². The monoisotopic (exact) mass is 209 g/mol. The molecule has 1 aliphatic heterocycles. The van der Waals surface area contributed by atoms with Gasteiger partial charge in [0.05, 0.1) is 5.69 Å². The predicted octanol–water partition coefficient (Wildman–Crippen LogP) is 0.951. The number of hydrogen-bond donors (Lipinski definition) is 2. The van der Waals surface area contributed by atoms with E-state index in [1.807, 2.05) is 6.92 Å². The minimum absolute atomic E-state index is 0.487. The van der Waals surface area contributed by atoms with E-state index < -0.39 is 0 Å². The average molecular weight is 209 g/mol. The quantitative estimate of drug-likeness (QED) is 0.778. The van der Waals surface area contributed by atoms with Crippen molar-refractivity contribution in [3.05, 3.63) is 17.0 Å². The van der Waals surface area contributed by atoms with Gasteiger partial charge in [0.25, 0.3) is 0 Å². The zero-order valence-electron chi connectivity index (χ0n) is 9.25. The number of nitrogens with two attached hydrogens (primary N) is 1. The first-order chi connectivity index (χ1) is 7.33. The molecule has 1 aromatic rings. The zero-order chi connectivity index (χ0) is 10.7. The number of nitrogens with one attached hydrogen (secondary N) is 1. The van der Waals surface area contributed by atoms with Crippen LogP contribution in [0.2, 0.25) is 0 Å². The maximum absolute atomic E-state index is 5.60. The smallest absolute Gasteiger partial charge is 0.144 e. The summed E-state index contributed by atoms with van der Waals surface area (Å²) in [5, 5.41) is 7.44. The van der Waals surface area contributed by atoms with E-state index in [9.17, 15) is 0 Å². The molecular weight excluding hydrogens is 190 g/mol. The summed E-state index contributed by atoms with van der Waals surface area (Å²) in [4.78, 5) is 0. The maximum atomic E-state index is 5.60. The third kappa shape index (κ3) is 2.21. The van der Waals surface area contributed by atoms with Gasteiger partial charge in [0.1, 0.15) is 5.76 Å². The molecule has 0 spiro atoms. The molecule has 4 heteroatoms. The van der Waals surface area contributed by atoms with E-state index in [2.05, 4.69) is 10.5 Å². The van der Waals surface area contributed by atoms with Gasteiger partial charge < -0.3 is 15.6 Å². The Morgan fingerprint density at radius 2 is 2.47 bits per heavy atom. The van der Waals surface area contributed by atoms with Crippen LogP contribution in [0.5, 0.6) is 0 Å². The maximum Gasteiger partial charge on any atom is 0.144 e. The topological polar surface area (TPSA) is 64.1 Å². The van der Waals surface area contributed by atoms with Crippen molar-refractivity contribution in [3.63, 3.8) is 0 Å². The van der Waals surface area contributed by atoms with Crippen molar-refractivity contribution in [1.82, 2.24) is 10.5 Å². The Bertz CT molecular complexity index is 316. The SMILES string of the molecule is Cc1noc(C2CCCNC2)c1CCN. The van der Waals surface area contributed by atoms with Gasteiger partial charge >= 0.3 is 0 Å². The molecule has 2 heterocycles. The summed E-state index contributed by atoms with van der Waals surface area (Å²) in [6.45, 7) is 4.78. The van der Waals surface area contributed by atoms with Crippen molar-refractivity contribution in [2.75, 3.05) is 19.6 Å². The molecule has 1 fully saturated rings. The first-order valence-corrected chi connectivity index (χ1v) is 5.68. The van der Waals surface area contributed by atoms with Gasteiger partial charge in [-0.1, -0.05) is 5.16 Å². The van der Waals surface area contributed by atoms with Crippen LogP contribution in [0.4, 0.5) is 0 Å². The van der Waals surface area contributed by atoms with Gasteiger partial charge in [-0.2, -0.15) is 0 Å². The first-order valence-electron chi connectivity index (χ1n) is 5.68. The lowest BCUT2D eigenvalue weighted by molar-refractivity contribution is 0.326. The summed E-state index contributed by atoms with van der Waals surface area (Å²) < 4.78 is 5.44. The summed E-state index contributed by atoms with van der Waals surface area (Å²) in [6.07, 6.45) is 3.28. The highest BCUT2D eigenvalue weighted by Gasteiger charge is 2.23. The Labute approximate surface area is 90.2 Å². The predicted molar refractivity (Wildman–Crippen MR) is 58.8 cm³/mol. The van der Waals surface area contributed by atoms with Gasteiger partial charge in [-0.15, -0.1) is 0 Å². The average Bonchev–Trinajstić information content (AvgIpc) is 2.63.